The van der Waals surface area contributed by atoms with Gasteiger partial charge in [-0.2, -0.15) is 5.26 Å². The van der Waals surface area contributed by atoms with Gasteiger partial charge in [0, 0.05) is 26.0 Å². The summed E-state index contributed by atoms with van der Waals surface area (Å²) in [5.41, 5.74) is 0.878. The van der Waals surface area contributed by atoms with E-state index >= 15 is 0 Å². The second kappa shape index (κ2) is 6.00. The molecule has 0 saturated carbocycles. The molecule has 0 fully saturated rings. The molecule has 90 valence electrons. The Morgan fingerprint density at radius 1 is 1.53 bits per heavy atom. The molecule has 0 unspecified atom stereocenters. The molecule has 1 aromatic rings. The van der Waals surface area contributed by atoms with Crippen molar-refractivity contribution < 1.29 is 4.79 Å². The van der Waals surface area contributed by atoms with Gasteiger partial charge in [0.2, 0.25) is 0 Å². The third-order valence-electron chi connectivity index (χ3n) is 2.50. The molecule has 1 aromatic heterocycles. The summed E-state index contributed by atoms with van der Waals surface area (Å²) in [6.45, 7) is 4.96. The Morgan fingerprint density at radius 2 is 2.24 bits per heavy atom. The third kappa shape index (κ3) is 3.87. The first-order chi connectivity index (χ1) is 8.04. The molecule has 1 amide bonds. The molecular formula is C13H17N3O. The fourth-order valence-corrected chi connectivity index (χ4v) is 1.39. The van der Waals surface area contributed by atoms with Crippen LogP contribution in [0.25, 0.3) is 0 Å². The zero-order chi connectivity index (χ0) is 12.8. The van der Waals surface area contributed by atoms with Gasteiger partial charge >= 0.3 is 0 Å². The molecule has 0 aliphatic heterocycles. The number of carbonyl (C=O) groups is 1. The van der Waals surface area contributed by atoms with Crippen LogP contribution in [0, 0.1) is 17.2 Å². The number of pyridine rings is 1. The van der Waals surface area contributed by atoms with Gasteiger partial charge in [0.25, 0.3) is 5.91 Å². The van der Waals surface area contributed by atoms with Crippen molar-refractivity contribution in [2.45, 2.75) is 20.3 Å². The smallest absolute Gasteiger partial charge is 0.255 e. The number of amides is 1. The molecule has 0 bridgehead atoms. The Hall–Kier alpha value is -1.89. The summed E-state index contributed by atoms with van der Waals surface area (Å²) in [5.74, 6) is 0.476. The van der Waals surface area contributed by atoms with Gasteiger partial charge in [0.15, 0.2) is 0 Å². The van der Waals surface area contributed by atoms with Crippen LogP contribution in [0.1, 0.15) is 36.2 Å². The molecule has 0 aliphatic rings. The second-order valence-electron chi connectivity index (χ2n) is 4.48. The van der Waals surface area contributed by atoms with Crippen LogP contribution in [-0.4, -0.2) is 29.4 Å². The molecule has 0 spiro atoms. The summed E-state index contributed by atoms with van der Waals surface area (Å²) >= 11 is 0. The predicted molar refractivity (Wildman–Crippen MR) is 65.4 cm³/mol. The summed E-state index contributed by atoms with van der Waals surface area (Å²) in [4.78, 5) is 17.6. The average Bonchev–Trinajstić information content (AvgIpc) is 2.35. The van der Waals surface area contributed by atoms with E-state index in [-0.39, 0.29) is 5.91 Å². The number of carbonyl (C=O) groups excluding carboxylic acids is 1. The Bertz CT molecular complexity index is 435. The van der Waals surface area contributed by atoms with Crippen LogP contribution in [-0.2, 0) is 0 Å². The minimum absolute atomic E-state index is 0.0877. The van der Waals surface area contributed by atoms with Crippen LogP contribution in [0.15, 0.2) is 18.5 Å². The summed E-state index contributed by atoms with van der Waals surface area (Å²) < 4.78 is 0. The Morgan fingerprint density at radius 3 is 2.82 bits per heavy atom. The SMILES string of the molecule is CC(C)CCN(C)C(=O)c1cncc(C#N)c1. The molecule has 0 saturated heterocycles. The zero-order valence-electron chi connectivity index (χ0n) is 10.5. The van der Waals surface area contributed by atoms with Gasteiger partial charge in [-0.05, 0) is 18.4 Å². The first-order valence-corrected chi connectivity index (χ1v) is 5.65. The molecule has 1 heterocycles. The van der Waals surface area contributed by atoms with Gasteiger partial charge in [0.1, 0.15) is 6.07 Å². The lowest BCUT2D eigenvalue weighted by Gasteiger charge is -2.18. The maximum Gasteiger partial charge on any atom is 0.255 e. The van der Waals surface area contributed by atoms with Gasteiger partial charge in [-0.25, -0.2) is 0 Å². The maximum atomic E-state index is 12.0. The van der Waals surface area contributed by atoms with Gasteiger partial charge in [-0.1, -0.05) is 13.8 Å². The predicted octanol–water partition coefficient (Wildman–Crippen LogP) is 2.07. The molecule has 17 heavy (non-hydrogen) atoms. The summed E-state index contributed by atoms with van der Waals surface area (Å²) in [7, 11) is 1.77. The Labute approximate surface area is 102 Å². The van der Waals surface area contributed by atoms with Crippen molar-refractivity contribution in [2.24, 2.45) is 5.92 Å². The van der Waals surface area contributed by atoms with Crippen molar-refractivity contribution in [2.75, 3.05) is 13.6 Å². The molecule has 1 rings (SSSR count). The van der Waals surface area contributed by atoms with Crippen molar-refractivity contribution in [3.8, 4) is 6.07 Å². The van der Waals surface area contributed by atoms with Crippen LogP contribution >= 0.6 is 0 Å². The van der Waals surface area contributed by atoms with Crippen molar-refractivity contribution in [3.63, 3.8) is 0 Å². The van der Waals surface area contributed by atoms with E-state index in [0.717, 1.165) is 6.42 Å². The molecule has 0 atom stereocenters. The highest BCUT2D eigenvalue weighted by atomic mass is 16.2. The number of aromatic nitrogens is 1. The van der Waals surface area contributed by atoms with Crippen molar-refractivity contribution >= 4 is 5.91 Å². The number of rotatable bonds is 4. The minimum atomic E-state index is -0.0877. The monoisotopic (exact) mass is 231 g/mol. The number of nitrogens with zero attached hydrogens (tertiary/aromatic N) is 3. The van der Waals surface area contributed by atoms with E-state index in [1.165, 1.54) is 12.4 Å². The minimum Gasteiger partial charge on any atom is -0.342 e. The third-order valence-corrected chi connectivity index (χ3v) is 2.50. The quantitative estimate of drug-likeness (QED) is 0.797. The maximum absolute atomic E-state index is 12.0. The first-order valence-electron chi connectivity index (χ1n) is 5.65. The van der Waals surface area contributed by atoms with E-state index < -0.39 is 0 Å². The fourth-order valence-electron chi connectivity index (χ4n) is 1.39. The van der Waals surface area contributed by atoms with E-state index in [9.17, 15) is 4.79 Å². The lowest BCUT2D eigenvalue weighted by Crippen LogP contribution is -2.28. The van der Waals surface area contributed by atoms with Gasteiger partial charge in [0.05, 0.1) is 11.1 Å². The number of hydrogen-bond acceptors (Lipinski definition) is 3. The van der Waals surface area contributed by atoms with Crippen molar-refractivity contribution in [1.82, 2.24) is 9.88 Å². The largest absolute Gasteiger partial charge is 0.342 e. The van der Waals surface area contributed by atoms with Gasteiger partial charge < -0.3 is 4.90 Å². The summed E-state index contributed by atoms with van der Waals surface area (Å²) in [6, 6.07) is 3.55. The average molecular weight is 231 g/mol. The Kier molecular flexibility index (Phi) is 4.65. The highest BCUT2D eigenvalue weighted by Crippen LogP contribution is 2.07. The van der Waals surface area contributed by atoms with Crippen LogP contribution in [0.2, 0.25) is 0 Å². The molecule has 0 aromatic carbocycles. The highest BCUT2D eigenvalue weighted by Gasteiger charge is 2.12. The molecule has 0 aliphatic carbocycles. The molecule has 0 N–H and O–H groups in total. The lowest BCUT2D eigenvalue weighted by atomic mass is 10.1. The number of hydrogen-bond donors (Lipinski definition) is 0. The van der Waals surface area contributed by atoms with E-state index in [0.29, 0.717) is 23.6 Å². The fraction of sp³-hybridized carbons (Fsp3) is 0.462. The second-order valence-corrected chi connectivity index (χ2v) is 4.48. The standard InChI is InChI=1S/C13H17N3O/c1-10(2)4-5-16(3)13(17)12-6-11(7-14)8-15-9-12/h6,8-10H,4-5H2,1-3H3. The topological polar surface area (TPSA) is 57.0 Å². The van der Waals surface area contributed by atoms with E-state index in [4.69, 9.17) is 5.26 Å². The summed E-state index contributed by atoms with van der Waals surface area (Å²) in [5, 5.41) is 8.74. The molecule has 4 nitrogen and oxygen atoms in total. The van der Waals surface area contributed by atoms with E-state index in [1.54, 1.807) is 18.0 Å². The highest BCUT2D eigenvalue weighted by molar-refractivity contribution is 5.94. The first kappa shape index (κ1) is 13.2. The van der Waals surface area contributed by atoms with Crippen LogP contribution in [0.4, 0.5) is 0 Å². The van der Waals surface area contributed by atoms with Crippen LogP contribution < -0.4 is 0 Å². The zero-order valence-corrected chi connectivity index (χ0v) is 10.5. The Balaban J connectivity index is 2.71. The molecule has 4 heteroatoms. The molecular weight excluding hydrogens is 214 g/mol. The van der Waals surface area contributed by atoms with Gasteiger partial charge in [-0.3, -0.25) is 9.78 Å². The lowest BCUT2D eigenvalue weighted by molar-refractivity contribution is 0.0788. The van der Waals surface area contributed by atoms with Gasteiger partial charge in [-0.15, -0.1) is 0 Å². The van der Waals surface area contributed by atoms with E-state index in [1.807, 2.05) is 6.07 Å². The molecule has 0 radical (unpaired) electrons. The van der Waals surface area contributed by atoms with E-state index in [2.05, 4.69) is 18.8 Å². The van der Waals surface area contributed by atoms with Crippen LogP contribution in [0.3, 0.4) is 0 Å². The normalized spacial score (nSPS) is 10.1. The van der Waals surface area contributed by atoms with Crippen molar-refractivity contribution in [3.05, 3.63) is 29.6 Å². The number of nitriles is 1. The van der Waals surface area contributed by atoms with Crippen molar-refractivity contribution in [1.29, 1.82) is 5.26 Å². The van der Waals surface area contributed by atoms with Crippen LogP contribution in [0.5, 0.6) is 0 Å². The summed E-state index contributed by atoms with van der Waals surface area (Å²) in [6.07, 6.45) is 3.91.